The fourth-order valence-corrected chi connectivity index (χ4v) is 3.45. The summed E-state index contributed by atoms with van der Waals surface area (Å²) in [7, 11) is 2.22. The minimum Gasteiger partial charge on any atom is -0.396 e. The van der Waals surface area contributed by atoms with Crippen molar-refractivity contribution < 1.29 is 5.11 Å². The number of aliphatic hydroxyl groups excluding tert-OH is 1. The highest BCUT2D eigenvalue weighted by Crippen LogP contribution is 2.36. The summed E-state index contributed by atoms with van der Waals surface area (Å²) in [6, 6.07) is 0.670. The van der Waals surface area contributed by atoms with Crippen LogP contribution in [-0.2, 0) is 0 Å². The number of rotatable bonds is 3. The van der Waals surface area contributed by atoms with E-state index < -0.39 is 0 Å². The van der Waals surface area contributed by atoms with Crippen LogP contribution in [0.2, 0.25) is 0 Å². The Balaban J connectivity index is 1.96. The van der Waals surface area contributed by atoms with Crippen molar-refractivity contribution in [2.45, 2.75) is 44.6 Å². The fraction of sp³-hybridized carbons (Fsp3) is 1.00. The summed E-state index contributed by atoms with van der Waals surface area (Å²) in [5.41, 5.74) is 0. The second kappa shape index (κ2) is 4.63. The molecule has 0 radical (unpaired) electrons. The first-order chi connectivity index (χ1) is 6.83. The van der Waals surface area contributed by atoms with E-state index >= 15 is 0 Å². The quantitative estimate of drug-likeness (QED) is 0.746. The van der Waals surface area contributed by atoms with Gasteiger partial charge in [-0.2, -0.15) is 0 Å². The van der Waals surface area contributed by atoms with Crippen molar-refractivity contribution in [3.63, 3.8) is 0 Å². The van der Waals surface area contributed by atoms with E-state index in [1.54, 1.807) is 0 Å². The number of hydrogen-bond donors (Lipinski definition) is 1. The summed E-state index contributed by atoms with van der Waals surface area (Å²) in [5, 5.41) is 9.54. The molecule has 0 bridgehead atoms. The second-order valence-corrected chi connectivity index (χ2v) is 5.08. The van der Waals surface area contributed by atoms with Gasteiger partial charge in [-0.1, -0.05) is 25.7 Å². The van der Waals surface area contributed by atoms with Gasteiger partial charge < -0.3 is 10.0 Å². The molecule has 1 heterocycles. The average molecular weight is 197 g/mol. The molecule has 1 aliphatic carbocycles. The van der Waals surface area contributed by atoms with Gasteiger partial charge in [0.15, 0.2) is 0 Å². The zero-order chi connectivity index (χ0) is 9.97. The van der Waals surface area contributed by atoms with Gasteiger partial charge in [0.1, 0.15) is 0 Å². The lowest BCUT2D eigenvalue weighted by molar-refractivity contribution is 0.0993. The first-order valence-corrected chi connectivity index (χ1v) is 6.14. The summed E-state index contributed by atoms with van der Waals surface area (Å²) in [6.45, 7) is 1.63. The van der Waals surface area contributed by atoms with Crippen molar-refractivity contribution in [3.05, 3.63) is 0 Å². The van der Waals surface area contributed by atoms with Crippen molar-refractivity contribution in [2.24, 2.45) is 11.8 Å². The first-order valence-electron chi connectivity index (χ1n) is 6.14. The minimum atomic E-state index is 0.402. The lowest BCUT2D eigenvalue weighted by atomic mass is 9.84. The highest BCUT2D eigenvalue weighted by atomic mass is 16.3. The van der Waals surface area contributed by atoms with E-state index in [1.165, 1.54) is 45.1 Å². The average Bonchev–Trinajstić information content (AvgIpc) is 2.80. The second-order valence-electron chi connectivity index (χ2n) is 5.08. The lowest BCUT2D eigenvalue weighted by Gasteiger charge is -2.32. The van der Waals surface area contributed by atoms with Crippen molar-refractivity contribution in [1.29, 1.82) is 0 Å². The van der Waals surface area contributed by atoms with E-state index in [-0.39, 0.29) is 0 Å². The molecule has 2 heteroatoms. The Hall–Kier alpha value is -0.0800. The topological polar surface area (TPSA) is 23.5 Å². The molecule has 0 aromatic carbocycles. The van der Waals surface area contributed by atoms with E-state index in [0.29, 0.717) is 18.6 Å². The van der Waals surface area contributed by atoms with Crippen LogP contribution in [0.3, 0.4) is 0 Å². The van der Waals surface area contributed by atoms with E-state index in [9.17, 15) is 5.11 Å². The third-order valence-corrected chi connectivity index (χ3v) is 4.29. The van der Waals surface area contributed by atoms with Gasteiger partial charge in [-0.05, 0) is 32.4 Å². The Kier molecular flexibility index (Phi) is 3.45. The van der Waals surface area contributed by atoms with Crippen LogP contribution in [0.15, 0.2) is 0 Å². The summed E-state index contributed by atoms with van der Waals surface area (Å²) < 4.78 is 0. The Labute approximate surface area is 87.3 Å². The maximum Gasteiger partial charge on any atom is 0.0476 e. The van der Waals surface area contributed by atoms with E-state index in [1.807, 2.05) is 0 Å². The standard InChI is InChI=1S/C12H23NO/c1-13-8-4-7-12(13)11(9-14)10-5-2-3-6-10/h10-12,14H,2-9H2,1H3. The van der Waals surface area contributed by atoms with Crippen molar-refractivity contribution in [1.82, 2.24) is 4.90 Å². The number of aliphatic hydroxyl groups is 1. The van der Waals surface area contributed by atoms with Crippen LogP contribution in [0, 0.1) is 11.8 Å². The lowest BCUT2D eigenvalue weighted by Crippen LogP contribution is -2.38. The molecule has 2 fully saturated rings. The van der Waals surface area contributed by atoms with Gasteiger partial charge in [0, 0.05) is 18.6 Å². The molecule has 14 heavy (non-hydrogen) atoms. The maximum absolute atomic E-state index is 9.54. The van der Waals surface area contributed by atoms with Gasteiger partial charge in [0.05, 0.1) is 0 Å². The molecule has 2 unspecified atom stereocenters. The molecule has 1 saturated heterocycles. The molecule has 0 spiro atoms. The van der Waals surface area contributed by atoms with Gasteiger partial charge in [0.25, 0.3) is 0 Å². The number of nitrogens with zero attached hydrogens (tertiary/aromatic N) is 1. The number of likely N-dealkylation sites (tertiary alicyclic amines) is 1. The monoisotopic (exact) mass is 197 g/mol. The molecule has 1 N–H and O–H groups in total. The van der Waals surface area contributed by atoms with Crippen LogP contribution in [0.25, 0.3) is 0 Å². The van der Waals surface area contributed by atoms with Crippen LogP contribution in [-0.4, -0.2) is 36.2 Å². The molecule has 0 amide bonds. The zero-order valence-corrected chi connectivity index (χ0v) is 9.28. The van der Waals surface area contributed by atoms with E-state index in [0.717, 1.165) is 5.92 Å². The summed E-state index contributed by atoms with van der Waals surface area (Å²) in [6.07, 6.45) is 8.11. The van der Waals surface area contributed by atoms with Crippen molar-refractivity contribution in [2.75, 3.05) is 20.2 Å². The third-order valence-electron chi connectivity index (χ3n) is 4.29. The molecule has 82 valence electrons. The van der Waals surface area contributed by atoms with Crippen LogP contribution >= 0.6 is 0 Å². The summed E-state index contributed by atoms with van der Waals surface area (Å²) >= 11 is 0. The molecule has 1 saturated carbocycles. The van der Waals surface area contributed by atoms with Crippen molar-refractivity contribution >= 4 is 0 Å². The van der Waals surface area contributed by atoms with E-state index in [4.69, 9.17) is 0 Å². The van der Waals surface area contributed by atoms with E-state index in [2.05, 4.69) is 11.9 Å². The predicted molar refractivity (Wildman–Crippen MR) is 58.2 cm³/mol. The Morgan fingerprint density at radius 2 is 1.93 bits per heavy atom. The van der Waals surface area contributed by atoms with Crippen LogP contribution < -0.4 is 0 Å². The minimum absolute atomic E-state index is 0.402. The Morgan fingerprint density at radius 1 is 1.21 bits per heavy atom. The van der Waals surface area contributed by atoms with Crippen LogP contribution in [0.1, 0.15) is 38.5 Å². The largest absolute Gasteiger partial charge is 0.396 e. The molecule has 2 aliphatic rings. The predicted octanol–water partition coefficient (Wildman–Crippen LogP) is 1.88. The summed E-state index contributed by atoms with van der Waals surface area (Å²) in [4.78, 5) is 2.46. The van der Waals surface area contributed by atoms with Crippen LogP contribution in [0.4, 0.5) is 0 Å². The molecule has 2 rings (SSSR count). The Morgan fingerprint density at radius 3 is 2.43 bits per heavy atom. The van der Waals surface area contributed by atoms with Gasteiger partial charge in [-0.25, -0.2) is 0 Å². The molecule has 0 aromatic heterocycles. The highest BCUT2D eigenvalue weighted by Gasteiger charge is 2.35. The highest BCUT2D eigenvalue weighted by molar-refractivity contribution is 4.88. The first kappa shape index (κ1) is 10.4. The molecule has 2 nitrogen and oxygen atoms in total. The maximum atomic E-state index is 9.54. The fourth-order valence-electron chi connectivity index (χ4n) is 3.45. The number of hydrogen-bond acceptors (Lipinski definition) is 2. The molecule has 0 aromatic rings. The van der Waals surface area contributed by atoms with Crippen LogP contribution in [0.5, 0.6) is 0 Å². The normalized spacial score (nSPS) is 32.6. The van der Waals surface area contributed by atoms with Gasteiger partial charge in [0.2, 0.25) is 0 Å². The molecule has 2 atom stereocenters. The Bertz CT molecular complexity index is 177. The molecule has 1 aliphatic heterocycles. The van der Waals surface area contributed by atoms with Gasteiger partial charge >= 0.3 is 0 Å². The molecular weight excluding hydrogens is 174 g/mol. The zero-order valence-electron chi connectivity index (χ0n) is 9.28. The smallest absolute Gasteiger partial charge is 0.0476 e. The molecular formula is C12H23NO. The summed E-state index contributed by atoms with van der Waals surface area (Å²) in [5.74, 6) is 1.37. The van der Waals surface area contributed by atoms with Crippen molar-refractivity contribution in [3.8, 4) is 0 Å². The van der Waals surface area contributed by atoms with Gasteiger partial charge in [-0.15, -0.1) is 0 Å². The third kappa shape index (κ3) is 1.96. The SMILES string of the molecule is CN1CCCC1C(CO)C1CCCC1. The van der Waals surface area contributed by atoms with Gasteiger partial charge in [-0.3, -0.25) is 0 Å².